The van der Waals surface area contributed by atoms with Gasteiger partial charge in [-0.1, -0.05) is 0 Å². The topological polar surface area (TPSA) is 96.5 Å². The Balaban J connectivity index is 2.22. The predicted octanol–water partition coefficient (Wildman–Crippen LogP) is 1.88. The van der Waals surface area contributed by atoms with Crippen molar-refractivity contribution in [1.82, 2.24) is 0 Å². The second-order valence-corrected chi connectivity index (χ2v) is 4.94. The molecule has 0 radical (unpaired) electrons. The molecule has 1 amide bonds. The molecule has 1 saturated heterocycles. The molecule has 1 fully saturated rings. The number of amides is 1. The largest absolute Gasteiger partial charge is 0.381 e. The van der Waals surface area contributed by atoms with E-state index < -0.39 is 10.3 Å². The fourth-order valence-corrected chi connectivity index (χ4v) is 2.33. The minimum atomic E-state index is -1.07. The monoisotopic (exact) mass is 289 g/mol. The molecule has 0 bridgehead atoms. The van der Waals surface area contributed by atoms with Gasteiger partial charge in [0, 0.05) is 38.1 Å². The number of ether oxygens (including phenoxy) is 1. The van der Waals surface area contributed by atoms with Gasteiger partial charge in [-0.15, -0.1) is 0 Å². The molecule has 1 aromatic rings. The molecule has 2 rings (SSSR count). The van der Waals surface area contributed by atoms with Crippen LogP contribution < -0.4 is 4.90 Å². The maximum Gasteiger partial charge on any atom is 0.269 e. The van der Waals surface area contributed by atoms with Crippen LogP contribution in [0.2, 0.25) is 0 Å². The van der Waals surface area contributed by atoms with Gasteiger partial charge in [-0.3, -0.25) is 14.9 Å². The van der Waals surface area contributed by atoms with Crippen LogP contribution in [-0.2, 0) is 9.53 Å². The molecule has 0 unspecified atom stereocenters. The average molecular weight is 289 g/mol. The van der Waals surface area contributed by atoms with Crippen molar-refractivity contribution in [2.24, 2.45) is 5.41 Å². The minimum Gasteiger partial charge on any atom is -0.381 e. The number of non-ortho nitro benzene ring substituents is 1. The molecule has 0 aromatic heterocycles. The average Bonchev–Trinajstić information content (AvgIpc) is 2.54. The van der Waals surface area contributed by atoms with Gasteiger partial charge in [0.05, 0.1) is 11.0 Å². The SMILES string of the molecule is CN(C(=O)C1(C#N)CCOCC1)c1ccc([N+](=O)[O-])cc1. The summed E-state index contributed by atoms with van der Waals surface area (Å²) >= 11 is 0. The molecular weight excluding hydrogens is 274 g/mol. The zero-order valence-corrected chi connectivity index (χ0v) is 11.6. The Labute approximate surface area is 121 Å². The zero-order valence-electron chi connectivity index (χ0n) is 11.6. The third kappa shape index (κ3) is 2.85. The van der Waals surface area contributed by atoms with Crippen LogP contribution in [0, 0.1) is 26.9 Å². The Morgan fingerprint density at radius 3 is 2.43 bits per heavy atom. The van der Waals surface area contributed by atoms with Crippen molar-refractivity contribution in [2.45, 2.75) is 12.8 Å². The normalized spacial score (nSPS) is 16.8. The van der Waals surface area contributed by atoms with E-state index in [1.165, 1.54) is 29.2 Å². The van der Waals surface area contributed by atoms with Crippen LogP contribution in [0.3, 0.4) is 0 Å². The molecule has 1 aliphatic heterocycles. The summed E-state index contributed by atoms with van der Waals surface area (Å²) in [6, 6.07) is 7.79. The molecule has 0 spiro atoms. The van der Waals surface area contributed by atoms with Gasteiger partial charge < -0.3 is 9.64 Å². The quantitative estimate of drug-likeness (QED) is 0.625. The van der Waals surface area contributed by atoms with Crippen molar-refractivity contribution in [1.29, 1.82) is 5.26 Å². The molecule has 0 atom stereocenters. The van der Waals surface area contributed by atoms with E-state index in [2.05, 4.69) is 6.07 Å². The minimum absolute atomic E-state index is 0.0411. The van der Waals surface area contributed by atoms with Crippen LogP contribution in [0.1, 0.15) is 12.8 Å². The van der Waals surface area contributed by atoms with Gasteiger partial charge in [-0.2, -0.15) is 5.26 Å². The highest BCUT2D eigenvalue weighted by Crippen LogP contribution is 2.33. The first kappa shape index (κ1) is 14.9. The van der Waals surface area contributed by atoms with Crippen LogP contribution in [0.5, 0.6) is 0 Å². The number of hydrogen-bond donors (Lipinski definition) is 0. The van der Waals surface area contributed by atoms with Crippen molar-refractivity contribution in [3.63, 3.8) is 0 Å². The van der Waals surface area contributed by atoms with E-state index in [4.69, 9.17) is 4.74 Å². The molecule has 1 heterocycles. The van der Waals surface area contributed by atoms with Gasteiger partial charge in [0.15, 0.2) is 0 Å². The van der Waals surface area contributed by atoms with Crippen molar-refractivity contribution in [2.75, 3.05) is 25.2 Å². The highest BCUT2D eigenvalue weighted by atomic mass is 16.6. The summed E-state index contributed by atoms with van der Waals surface area (Å²) in [6.45, 7) is 0.765. The molecule has 7 heteroatoms. The summed E-state index contributed by atoms with van der Waals surface area (Å²) < 4.78 is 5.21. The number of rotatable bonds is 3. The zero-order chi connectivity index (χ0) is 15.5. The van der Waals surface area contributed by atoms with Crippen molar-refractivity contribution < 1.29 is 14.5 Å². The Hall–Kier alpha value is -2.46. The highest BCUT2D eigenvalue weighted by molar-refractivity contribution is 5.99. The van der Waals surface area contributed by atoms with Gasteiger partial charge in [0.25, 0.3) is 5.69 Å². The lowest BCUT2D eigenvalue weighted by Crippen LogP contribution is -2.44. The van der Waals surface area contributed by atoms with Crippen molar-refractivity contribution in [3.05, 3.63) is 34.4 Å². The van der Waals surface area contributed by atoms with Crippen LogP contribution in [-0.4, -0.2) is 31.1 Å². The lowest BCUT2D eigenvalue weighted by Gasteiger charge is -2.33. The fraction of sp³-hybridized carbons (Fsp3) is 0.429. The van der Waals surface area contributed by atoms with Crippen LogP contribution in [0.25, 0.3) is 0 Å². The number of nitriles is 1. The van der Waals surface area contributed by atoms with Crippen LogP contribution in [0.4, 0.5) is 11.4 Å². The number of carbonyl (C=O) groups is 1. The van der Waals surface area contributed by atoms with Gasteiger partial charge in [0.1, 0.15) is 5.41 Å². The summed E-state index contributed by atoms with van der Waals surface area (Å²) in [6.07, 6.45) is 0.722. The predicted molar refractivity (Wildman–Crippen MR) is 74.6 cm³/mol. The summed E-state index contributed by atoms with van der Waals surface area (Å²) in [5, 5.41) is 20.0. The van der Waals surface area contributed by atoms with E-state index in [-0.39, 0.29) is 11.6 Å². The van der Waals surface area contributed by atoms with Crippen LogP contribution >= 0.6 is 0 Å². The number of benzene rings is 1. The Morgan fingerprint density at radius 2 is 1.95 bits per heavy atom. The first-order valence-electron chi connectivity index (χ1n) is 6.52. The molecule has 1 aliphatic rings. The van der Waals surface area contributed by atoms with E-state index in [1.54, 1.807) is 7.05 Å². The lowest BCUT2D eigenvalue weighted by molar-refractivity contribution is -0.384. The summed E-state index contributed by atoms with van der Waals surface area (Å²) in [7, 11) is 1.57. The number of nitro groups is 1. The molecular formula is C14H15N3O4. The first-order chi connectivity index (χ1) is 10.00. The Kier molecular flexibility index (Phi) is 4.19. The second-order valence-electron chi connectivity index (χ2n) is 4.94. The Morgan fingerprint density at radius 1 is 1.38 bits per heavy atom. The third-order valence-electron chi connectivity index (χ3n) is 3.72. The molecule has 21 heavy (non-hydrogen) atoms. The number of hydrogen-bond acceptors (Lipinski definition) is 5. The summed E-state index contributed by atoms with van der Waals surface area (Å²) in [5.41, 5.74) is -0.596. The molecule has 110 valence electrons. The van der Waals surface area contributed by atoms with E-state index >= 15 is 0 Å². The summed E-state index contributed by atoms with van der Waals surface area (Å²) in [4.78, 5) is 24.1. The van der Waals surface area contributed by atoms with E-state index in [0.717, 1.165) is 0 Å². The molecule has 0 N–H and O–H groups in total. The molecule has 0 saturated carbocycles. The van der Waals surface area contributed by atoms with E-state index in [1.807, 2.05) is 0 Å². The smallest absolute Gasteiger partial charge is 0.269 e. The van der Waals surface area contributed by atoms with Crippen LogP contribution in [0.15, 0.2) is 24.3 Å². The molecule has 0 aliphatic carbocycles. The van der Waals surface area contributed by atoms with E-state index in [9.17, 15) is 20.2 Å². The summed E-state index contributed by atoms with van der Waals surface area (Å²) in [5.74, 6) is -0.304. The van der Waals surface area contributed by atoms with Gasteiger partial charge in [-0.25, -0.2) is 0 Å². The standard InChI is InChI=1S/C14H15N3O4/c1-16(11-2-4-12(5-3-11)17(19)20)13(18)14(10-15)6-8-21-9-7-14/h2-5H,6-9H2,1H3. The maximum absolute atomic E-state index is 12.6. The van der Waals surface area contributed by atoms with Crippen molar-refractivity contribution in [3.8, 4) is 6.07 Å². The number of carbonyl (C=O) groups excluding carboxylic acids is 1. The first-order valence-corrected chi connectivity index (χ1v) is 6.52. The van der Waals surface area contributed by atoms with Gasteiger partial charge in [-0.05, 0) is 25.0 Å². The van der Waals surface area contributed by atoms with Crippen molar-refractivity contribution >= 4 is 17.3 Å². The second kappa shape index (κ2) is 5.89. The highest BCUT2D eigenvalue weighted by Gasteiger charge is 2.42. The van der Waals surface area contributed by atoms with Gasteiger partial charge in [0.2, 0.25) is 5.91 Å². The number of nitrogens with zero attached hydrogens (tertiary/aromatic N) is 3. The Bertz CT molecular complexity index is 585. The van der Waals surface area contributed by atoms with E-state index in [0.29, 0.717) is 31.7 Å². The fourth-order valence-electron chi connectivity index (χ4n) is 2.33. The lowest BCUT2D eigenvalue weighted by atomic mass is 9.80. The maximum atomic E-state index is 12.6. The third-order valence-corrected chi connectivity index (χ3v) is 3.72. The number of anilines is 1. The van der Waals surface area contributed by atoms with Gasteiger partial charge >= 0.3 is 0 Å². The molecule has 7 nitrogen and oxygen atoms in total. The number of nitro benzene ring substituents is 1. The molecule has 1 aromatic carbocycles.